The minimum atomic E-state index is -0.318. The lowest BCUT2D eigenvalue weighted by Gasteiger charge is -2.11. The monoisotopic (exact) mass is 382 g/mol. The second kappa shape index (κ2) is 8.05. The van der Waals surface area contributed by atoms with Crippen molar-refractivity contribution in [3.63, 3.8) is 0 Å². The number of anilines is 3. The van der Waals surface area contributed by atoms with E-state index in [4.69, 9.17) is 16.3 Å². The maximum Gasteiger partial charge on any atom is 0.274 e. The number of nitrogens with one attached hydrogen (secondary N) is 2. The Morgan fingerprint density at radius 3 is 2.44 bits per heavy atom. The van der Waals surface area contributed by atoms with E-state index in [1.54, 1.807) is 43.5 Å². The number of carbonyl (C=O) groups excluding carboxylic acids is 1. The van der Waals surface area contributed by atoms with Gasteiger partial charge in [0.25, 0.3) is 5.91 Å². The van der Waals surface area contributed by atoms with E-state index in [0.29, 0.717) is 22.4 Å². The number of benzene rings is 2. The van der Waals surface area contributed by atoms with Crippen LogP contribution in [-0.2, 0) is 0 Å². The topological polar surface area (TPSA) is 76.1 Å². The Morgan fingerprint density at radius 2 is 1.78 bits per heavy atom. The minimum Gasteiger partial charge on any atom is -0.497 e. The number of amides is 1. The summed E-state index contributed by atoms with van der Waals surface area (Å²) in [5.74, 6) is 0.748. The van der Waals surface area contributed by atoms with Gasteiger partial charge in [0.1, 0.15) is 11.4 Å². The first-order chi connectivity index (χ1) is 12.9. The van der Waals surface area contributed by atoms with Gasteiger partial charge < -0.3 is 15.4 Å². The maximum absolute atomic E-state index is 12.6. The van der Waals surface area contributed by atoms with Gasteiger partial charge in [-0.25, -0.2) is 9.97 Å². The zero-order valence-electron chi connectivity index (χ0n) is 15.2. The van der Waals surface area contributed by atoms with Crippen molar-refractivity contribution in [3.05, 3.63) is 70.5 Å². The number of nitrogens with zero attached hydrogens (tertiary/aromatic N) is 2. The van der Waals surface area contributed by atoms with E-state index in [9.17, 15) is 4.79 Å². The van der Waals surface area contributed by atoms with Crippen molar-refractivity contribution in [1.82, 2.24) is 9.97 Å². The van der Waals surface area contributed by atoms with Crippen molar-refractivity contribution in [2.45, 2.75) is 13.8 Å². The van der Waals surface area contributed by atoms with Gasteiger partial charge in [-0.3, -0.25) is 4.79 Å². The second-order valence-corrected chi connectivity index (χ2v) is 6.42. The van der Waals surface area contributed by atoms with E-state index in [1.807, 2.05) is 26.0 Å². The van der Waals surface area contributed by atoms with Crippen LogP contribution in [0.4, 0.5) is 17.3 Å². The molecule has 1 amide bonds. The lowest BCUT2D eigenvalue weighted by Crippen LogP contribution is -2.15. The molecule has 3 rings (SSSR count). The van der Waals surface area contributed by atoms with Gasteiger partial charge in [-0.2, -0.15) is 0 Å². The Morgan fingerprint density at radius 1 is 1.04 bits per heavy atom. The summed E-state index contributed by atoms with van der Waals surface area (Å²) < 4.78 is 5.11. The SMILES string of the molecule is COc1ccc(NC(=O)c2cc(C)nc(Nc3ccc(Cl)cc3C)n2)cc1. The van der Waals surface area contributed by atoms with E-state index in [1.165, 1.54) is 0 Å². The van der Waals surface area contributed by atoms with Gasteiger partial charge in [-0.15, -0.1) is 0 Å². The highest BCUT2D eigenvalue weighted by Crippen LogP contribution is 2.22. The highest BCUT2D eigenvalue weighted by atomic mass is 35.5. The molecule has 3 aromatic rings. The average Bonchev–Trinajstić information content (AvgIpc) is 2.64. The molecule has 138 valence electrons. The Bertz CT molecular complexity index is 974. The van der Waals surface area contributed by atoms with E-state index < -0.39 is 0 Å². The molecular weight excluding hydrogens is 364 g/mol. The zero-order valence-corrected chi connectivity index (χ0v) is 16.0. The fourth-order valence-corrected chi connectivity index (χ4v) is 2.72. The second-order valence-electron chi connectivity index (χ2n) is 5.99. The van der Waals surface area contributed by atoms with Gasteiger partial charge in [-0.05, 0) is 67.9 Å². The van der Waals surface area contributed by atoms with Crippen LogP contribution in [0.1, 0.15) is 21.7 Å². The third-order valence-electron chi connectivity index (χ3n) is 3.87. The summed E-state index contributed by atoms with van der Waals surface area (Å²) in [6.07, 6.45) is 0. The number of halogens is 1. The first-order valence-corrected chi connectivity index (χ1v) is 8.66. The molecule has 0 aliphatic heterocycles. The third-order valence-corrected chi connectivity index (χ3v) is 4.10. The van der Waals surface area contributed by atoms with Crippen LogP contribution in [0.15, 0.2) is 48.5 Å². The fourth-order valence-electron chi connectivity index (χ4n) is 2.50. The lowest BCUT2D eigenvalue weighted by molar-refractivity contribution is 0.102. The van der Waals surface area contributed by atoms with Crippen molar-refractivity contribution < 1.29 is 9.53 Å². The quantitative estimate of drug-likeness (QED) is 0.665. The fraction of sp³-hybridized carbons (Fsp3) is 0.150. The molecule has 1 aromatic heterocycles. The predicted molar refractivity (Wildman–Crippen MR) is 107 cm³/mol. The van der Waals surface area contributed by atoms with Crippen molar-refractivity contribution in [1.29, 1.82) is 0 Å². The first-order valence-electron chi connectivity index (χ1n) is 8.29. The number of hydrogen-bond donors (Lipinski definition) is 2. The number of ether oxygens (including phenoxy) is 1. The van der Waals surface area contributed by atoms with E-state index in [2.05, 4.69) is 20.6 Å². The molecule has 27 heavy (non-hydrogen) atoms. The van der Waals surface area contributed by atoms with E-state index in [0.717, 1.165) is 17.0 Å². The third kappa shape index (κ3) is 4.74. The number of hydrogen-bond acceptors (Lipinski definition) is 5. The molecule has 0 saturated carbocycles. The molecule has 0 bridgehead atoms. The summed E-state index contributed by atoms with van der Waals surface area (Å²) in [6, 6.07) is 14.2. The lowest BCUT2D eigenvalue weighted by atomic mass is 10.2. The number of aromatic nitrogens is 2. The van der Waals surface area contributed by atoms with Gasteiger partial charge in [-0.1, -0.05) is 11.6 Å². The molecule has 0 aliphatic rings. The number of methoxy groups -OCH3 is 1. The summed E-state index contributed by atoms with van der Waals surface area (Å²) in [7, 11) is 1.59. The highest BCUT2D eigenvalue weighted by Gasteiger charge is 2.12. The molecule has 0 atom stereocenters. The molecule has 2 N–H and O–H groups in total. The summed E-state index contributed by atoms with van der Waals surface area (Å²) in [6.45, 7) is 3.74. The molecule has 6 nitrogen and oxygen atoms in total. The maximum atomic E-state index is 12.6. The van der Waals surface area contributed by atoms with Crippen LogP contribution in [0.3, 0.4) is 0 Å². The van der Waals surface area contributed by atoms with Gasteiger partial charge in [0.2, 0.25) is 5.95 Å². The van der Waals surface area contributed by atoms with Crippen molar-refractivity contribution in [2.24, 2.45) is 0 Å². The van der Waals surface area contributed by atoms with Crippen LogP contribution in [0.2, 0.25) is 5.02 Å². The molecule has 7 heteroatoms. The predicted octanol–water partition coefficient (Wildman–Crippen LogP) is 4.75. The smallest absolute Gasteiger partial charge is 0.274 e. The summed E-state index contributed by atoms with van der Waals surface area (Å²) in [5, 5.41) is 6.61. The molecule has 0 spiro atoms. The van der Waals surface area contributed by atoms with Crippen molar-refractivity contribution in [2.75, 3.05) is 17.7 Å². The summed E-state index contributed by atoms with van der Waals surface area (Å²) in [4.78, 5) is 21.2. The van der Waals surface area contributed by atoms with Crippen LogP contribution in [0, 0.1) is 13.8 Å². The van der Waals surface area contributed by atoms with Crippen LogP contribution in [0.5, 0.6) is 5.75 Å². The first kappa shape index (κ1) is 18.7. The molecule has 0 fully saturated rings. The highest BCUT2D eigenvalue weighted by molar-refractivity contribution is 6.30. The van der Waals surface area contributed by atoms with Gasteiger partial charge in [0.05, 0.1) is 7.11 Å². The van der Waals surface area contributed by atoms with Crippen molar-refractivity contribution >= 4 is 34.8 Å². The van der Waals surface area contributed by atoms with Gasteiger partial charge in [0.15, 0.2) is 0 Å². The minimum absolute atomic E-state index is 0.271. The van der Waals surface area contributed by atoms with E-state index >= 15 is 0 Å². The summed E-state index contributed by atoms with van der Waals surface area (Å²) >= 11 is 5.99. The Labute approximate surface area is 162 Å². The van der Waals surface area contributed by atoms with Crippen LogP contribution in [0.25, 0.3) is 0 Å². The van der Waals surface area contributed by atoms with Crippen LogP contribution in [-0.4, -0.2) is 23.0 Å². The molecule has 0 saturated heterocycles. The van der Waals surface area contributed by atoms with Gasteiger partial charge >= 0.3 is 0 Å². The number of rotatable bonds is 5. The normalized spacial score (nSPS) is 10.4. The van der Waals surface area contributed by atoms with E-state index in [-0.39, 0.29) is 11.6 Å². The number of aryl methyl sites for hydroxylation is 2. The largest absolute Gasteiger partial charge is 0.497 e. The van der Waals surface area contributed by atoms with Crippen LogP contribution < -0.4 is 15.4 Å². The molecule has 0 radical (unpaired) electrons. The molecule has 1 heterocycles. The molecular formula is C20H19ClN4O2. The van der Waals surface area contributed by atoms with Crippen LogP contribution >= 0.6 is 11.6 Å². The Kier molecular flexibility index (Phi) is 5.57. The summed E-state index contributed by atoms with van der Waals surface area (Å²) in [5.41, 5.74) is 3.38. The van der Waals surface area contributed by atoms with Gasteiger partial charge in [0, 0.05) is 22.1 Å². The Hall–Kier alpha value is -3.12. The average molecular weight is 383 g/mol. The number of carbonyl (C=O) groups is 1. The molecule has 2 aromatic carbocycles. The molecule has 0 aliphatic carbocycles. The van der Waals surface area contributed by atoms with Crippen molar-refractivity contribution in [3.8, 4) is 5.75 Å². The standard InChI is InChI=1S/C20H19ClN4O2/c1-12-10-14(21)4-9-17(12)24-20-22-13(2)11-18(25-20)19(26)23-15-5-7-16(27-3)8-6-15/h4-11H,1-3H3,(H,23,26)(H,22,24,25). The Balaban J connectivity index is 1.80. The molecule has 0 unspecified atom stereocenters. The zero-order chi connectivity index (χ0) is 19.4.